The van der Waals surface area contributed by atoms with E-state index in [0.717, 1.165) is 10.9 Å². The van der Waals surface area contributed by atoms with Crippen molar-refractivity contribution in [1.29, 1.82) is 0 Å². The van der Waals surface area contributed by atoms with Crippen LogP contribution in [0.4, 0.5) is 0 Å². The molecule has 19 heavy (non-hydrogen) atoms. The number of rotatable bonds is 3. The van der Waals surface area contributed by atoms with Gasteiger partial charge in [-0.15, -0.1) is 5.10 Å². The molecule has 3 rings (SSSR count). The quantitative estimate of drug-likeness (QED) is 0.745. The molecule has 2 aromatic heterocycles. The van der Waals surface area contributed by atoms with Crippen LogP contribution < -0.4 is 15.2 Å². The van der Waals surface area contributed by atoms with Gasteiger partial charge in [0.25, 0.3) is 5.89 Å². The molecule has 0 fully saturated rings. The molecular formula is C12H11N3O4. The van der Waals surface area contributed by atoms with Crippen molar-refractivity contribution < 1.29 is 13.9 Å². The molecule has 7 nitrogen and oxygen atoms in total. The van der Waals surface area contributed by atoms with Crippen molar-refractivity contribution in [3.8, 4) is 23.0 Å². The van der Waals surface area contributed by atoms with Crippen LogP contribution in [0.15, 0.2) is 27.5 Å². The van der Waals surface area contributed by atoms with Gasteiger partial charge in [-0.1, -0.05) is 0 Å². The SMILES string of the molecule is COc1cc2[nH]cc(-c3n[nH]c(=O)o3)c2cc1OC. The van der Waals surface area contributed by atoms with Crippen LogP contribution in [0.25, 0.3) is 22.4 Å². The Hall–Kier alpha value is -2.70. The Kier molecular flexibility index (Phi) is 2.52. The van der Waals surface area contributed by atoms with Crippen molar-refractivity contribution in [3.63, 3.8) is 0 Å². The largest absolute Gasteiger partial charge is 0.493 e. The number of aromatic nitrogens is 3. The topological polar surface area (TPSA) is 93.1 Å². The van der Waals surface area contributed by atoms with E-state index in [-0.39, 0.29) is 5.89 Å². The van der Waals surface area contributed by atoms with Crippen LogP contribution in [0.5, 0.6) is 11.5 Å². The molecule has 0 aliphatic rings. The Balaban J connectivity index is 2.25. The molecule has 0 unspecified atom stereocenters. The van der Waals surface area contributed by atoms with Gasteiger partial charge >= 0.3 is 5.76 Å². The number of methoxy groups -OCH3 is 2. The average Bonchev–Trinajstić information content (AvgIpc) is 3.02. The predicted molar refractivity (Wildman–Crippen MR) is 67.5 cm³/mol. The Morgan fingerprint density at radius 1 is 1.21 bits per heavy atom. The average molecular weight is 261 g/mol. The summed E-state index contributed by atoms with van der Waals surface area (Å²) < 4.78 is 15.4. The summed E-state index contributed by atoms with van der Waals surface area (Å²) in [6.07, 6.45) is 1.71. The summed E-state index contributed by atoms with van der Waals surface area (Å²) in [6.45, 7) is 0. The molecule has 0 bridgehead atoms. The van der Waals surface area contributed by atoms with Crippen molar-refractivity contribution in [2.45, 2.75) is 0 Å². The highest BCUT2D eigenvalue weighted by Crippen LogP contribution is 2.35. The van der Waals surface area contributed by atoms with E-state index in [1.54, 1.807) is 26.5 Å². The Bertz CT molecular complexity index is 784. The van der Waals surface area contributed by atoms with Crippen molar-refractivity contribution in [2.24, 2.45) is 0 Å². The molecule has 0 saturated heterocycles. The standard InChI is InChI=1S/C12H11N3O4/c1-17-9-3-6-7(11-14-15-12(16)19-11)5-13-8(6)4-10(9)18-2/h3-5,13H,1-2H3,(H,15,16). The summed E-state index contributed by atoms with van der Waals surface area (Å²) in [4.78, 5) is 14.1. The third-order valence-corrected chi connectivity index (χ3v) is 2.85. The van der Waals surface area contributed by atoms with Crippen molar-refractivity contribution in [2.75, 3.05) is 14.2 Å². The van der Waals surface area contributed by atoms with Crippen LogP contribution in [0.3, 0.4) is 0 Å². The second kappa shape index (κ2) is 4.20. The van der Waals surface area contributed by atoms with Gasteiger partial charge in [-0.05, 0) is 6.07 Å². The summed E-state index contributed by atoms with van der Waals surface area (Å²) in [7, 11) is 3.13. The Labute approximate surface area is 107 Å². The third-order valence-electron chi connectivity index (χ3n) is 2.85. The van der Waals surface area contributed by atoms with Gasteiger partial charge in [0.1, 0.15) is 0 Å². The van der Waals surface area contributed by atoms with E-state index in [0.29, 0.717) is 17.1 Å². The minimum atomic E-state index is -0.593. The number of aromatic amines is 2. The van der Waals surface area contributed by atoms with E-state index in [4.69, 9.17) is 13.9 Å². The van der Waals surface area contributed by atoms with E-state index >= 15 is 0 Å². The first-order valence-electron chi connectivity index (χ1n) is 5.52. The fourth-order valence-corrected chi connectivity index (χ4v) is 1.97. The predicted octanol–water partition coefficient (Wildman–Crippen LogP) is 1.53. The lowest BCUT2D eigenvalue weighted by atomic mass is 10.1. The lowest BCUT2D eigenvalue weighted by Gasteiger charge is -2.07. The molecule has 0 atom stereocenters. The number of H-pyrrole nitrogens is 2. The van der Waals surface area contributed by atoms with Crippen LogP contribution in [0.2, 0.25) is 0 Å². The number of nitrogens with zero attached hydrogens (tertiary/aromatic N) is 1. The summed E-state index contributed by atoms with van der Waals surface area (Å²) in [5, 5.41) is 6.87. The highest BCUT2D eigenvalue weighted by molar-refractivity contribution is 5.95. The molecule has 98 valence electrons. The molecule has 0 amide bonds. The molecule has 0 radical (unpaired) electrons. The Morgan fingerprint density at radius 2 is 1.95 bits per heavy atom. The molecule has 1 aromatic carbocycles. The van der Waals surface area contributed by atoms with Crippen molar-refractivity contribution in [1.82, 2.24) is 15.2 Å². The maximum absolute atomic E-state index is 11.0. The van der Waals surface area contributed by atoms with E-state index in [9.17, 15) is 4.79 Å². The van der Waals surface area contributed by atoms with Crippen LogP contribution in [-0.4, -0.2) is 29.4 Å². The van der Waals surface area contributed by atoms with Gasteiger partial charge in [-0.3, -0.25) is 0 Å². The van der Waals surface area contributed by atoms with E-state index in [1.165, 1.54) is 0 Å². The highest BCUT2D eigenvalue weighted by atomic mass is 16.5. The molecule has 0 saturated carbocycles. The van der Waals surface area contributed by atoms with Gasteiger partial charge < -0.3 is 18.9 Å². The fourth-order valence-electron chi connectivity index (χ4n) is 1.97. The summed E-state index contributed by atoms with van der Waals surface area (Å²) in [5.74, 6) is 0.842. The minimum Gasteiger partial charge on any atom is -0.493 e. The highest BCUT2D eigenvalue weighted by Gasteiger charge is 2.15. The molecule has 0 aliphatic heterocycles. The fraction of sp³-hybridized carbons (Fsp3) is 0.167. The van der Waals surface area contributed by atoms with E-state index in [2.05, 4.69) is 15.2 Å². The summed E-state index contributed by atoms with van der Waals surface area (Å²) >= 11 is 0. The van der Waals surface area contributed by atoms with Crippen LogP contribution in [0.1, 0.15) is 0 Å². The first kappa shape index (κ1) is 11.4. The monoisotopic (exact) mass is 261 g/mol. The molecule has 2 N–H and O–H groups in total. The van der Waals surface area contributed by atoms with E-state index < -0.39 is 5.76 Å². The van der Waals surface area contributed by atoms with Gasteiger partial charge in [-0.2, -0.15) is 0 Å². The van der Waals surface area contributed by atoms with Gasteiger partial charge in [0, 0.05) is 17.6 Å². The van der Waals surface area contributed by atoms with Gasteiger partial charge in [0.05, 0.1) is 25.3 Å². The molecule has 0 spiro atoms. The number of hydrogen-bond donors (Lipinski definition) is 2. The lowest BCUT2D eigenvalue weighted by molar-refractivity contribution is 0.356. The molecule has 0 aliphatic carbocycles. The zero-order valence-corrected chi connectivity index (χ0v) is 10.3. The molecule has 7 heteroatoms. The van der Waals surface area contributed by atoms with Crippen molar-refractivity contribution >= 4 is 10.9 Å². The normalized spacial score (nSPS) is 10.8. The Morgan fingerprint density at radius 3 is 2.58 bits per heavy atom. The van der Waals surface area contributed by atoms with E-state index in [1.807, 2.05) is 6.07 Å². The number of ether oxygens (including phenoxy) is 2. The maximum atomic E-state index is 11.0. The minimum absolute atomic E-state index is 0.225. The zero-order chi connectivity index (χ0) is 13.4. The molecular weight excluding hydrogens is 250 g/mol. The van der Waals surface area contributed by atoms with Gasteiger partial charge in [0.15, 0.2) is 11.5 Å². The van der Waals surface area contributed by atoms with Crippen LogP contribution in [0, 0.1) is 0 Å². The third kappa shape index (κ3) is 1.75. The first-order valence-corrected chi connectivity index (χ1v) is 5.52. The number of fused-ring (bicyclic) bond motifs is 1. The maximum Gasteiger partial charge on any atom is 0.434 e. The summed E-state index contributed by atoms with van der Waals surface area (Å²) in [5.41, 5.74) is 1.51. The van der Waals surface area contributed by atoms with Gasteiger partial charge in [0.2, 0.25) is 0 Å². The zero-order valence-electron chi connectivity index (χ0n) is 10.3. The lowest BCUT2D eigenvalue weighted by Crippen LogP contribution is -1.93. The molecule has 3 aromatic rings. The number of hydrogen-bond acceptors (Lipinski definition) is 5. The smallest absolute Gasteiger partial charge is 0.434 e. The first-order chi connectivity index (χ1) is 9.22. The van der Waals surface area contributed by atoms with Gasteiger partial charge in [-0.25, -0.2) is 9.89 Å². The second-order valence-electron chi connectivity index (χ2n) is 3.87. The second-order valence-corrected chi connectivity index (χ2v) is 3.87. The summed E-state index contributed by atoms with van der Waals surface area (Å²) in [6, 6.07) is 3.61. The van der Waals surface area contributed by atoms with Crippen LogP contribution >= 0.6 is 0 Å². The number of benzene rings is 1. The van der Waals surface area contributed by atoms with Crippen molar-refractivity contribution in [3.05, 3.63) is 28.9 Å². The van der Waals surface area contributed by atoms with Crippen LogP contribution in [-0.2, 0) is 0 Å². The molecule has 2 heterocycles. The number of nitrogens with one attached hydrogen (secondary N) is 2.